The summed E-state index contributed by atoms with van der Waals surface area (Å²) < 4.78 is 0. The molecule has 1 saturated heterocycles. The van der Waals surface area contributed by atoms with Crippen LogP contribution in [0, 0.1) is 11.8 Å². The highest BCUT2D eigenvalue weighted by Crippen LogP contribution is 2.25. The summed E-state index contributed by atoms with van der Waals surface area (Å²) in [5.41, 5.74) is -0.125. The summed E-state index contributed by atoms with van der Waals surface area (Å²) in [4.78, 5) is 2.63. The van der Waals surface area contributed by atoms with Gasteiger partial charge < -0.3 is 15.3 Å². The molecule has 3 heteroatoms. The minimum Gasteiger partial charge on any atom is -0.394 e. The third-order valence-electron chi connectivity index (χ3n) is 5.00. The van der Waals surface area contributed by atoms with Crippen molar-refractivity contribution in [2.75, 3.05) is 26.2 Å². The fraction of sp³-hybridized carbons (Fsp3) is 1.00. The quantitative estimate of drug-likeness (QED) is 0.722. The number of hydrogen-bond acceptors (Lipinski definition) is 3. The van der Waals surface area contributed by atoms with Gasteiger partial charge in [0.2, 0.25) is 0 Å². The third-order valence-corrected chi connectivity index (χ3v) is 5.00. The summed E-state index contributed by atoms with van der Waals surface area (Å²) in [5, 5.41) is 13.1. The van der Waals surface area contributed by atoms with Gasteiger partial charge in [0.05, 0.1) is 6.61 Å². The average molecular weight is 299 g/mol. The normalized spacial score (nSPS) is 24.3. The first-order chi connectivity index (χ1) is 9.86. The van der Waals surface area contributed by atoms with Gasteiger partial charge in [-0.15, -0.1) is 0 Å². The Balaban J connectivity index is 2.31. The molecule has 1 aliphatic heterocycles. The van der Waals surface area contributed by atoms with Crippen LogP contribution in [-0.2, 0) is 0 Å². The van der Waals surface area contributed by atoms with Crippen LogP contribution in [0.15, 0.2) is 0 Å². The fourth-order valence-electron chi connectivity index (χ4n) is 3.66. The van der Waals surface area contributed by atoms with Gasteiger partial charge in [0.15, 0.2) is 0 Å². The summed E-state index contributed by atoms with van der Waals surface area (Å²) >= 11 is 0. The van der Waals surface area contributed by atoms with E-state index in [1.54, 1.807) is 0 Å². The van der Waals surface area contributed by atoms with Crippen LogP contribution in [0.3, 0.4) is 0 Å². The summed E-state index contributed by atoms with van der Waals surface area (Å²) in [5.74, 6) is 1.75. The van der Waals surface area contributed by atoms with E-state index in [1.165, 1.54) is 45.3 Å². The van der Waals surface area contributed by atoms with Crippen molar-refractivity contribution in [3.8, 4) is 0 Å². The van der Waals surface area contributed by atoms with Crippen molar-refractivity contribution in [2.45, 2.75) is 78.3 Å². The molecule has 0 saturated carbocycles. The number of aliphatic hydroxyl groups is 1. The maximum Gasteiger partial charge on any atom is 0.0610 e. The van der Waals surface area contributed by atoms with Crippen LogP contribution < -0.4 is 5.32 Å². The first-order valence-corrected chi connectivity index (χ1v) is 8.97. The Bertz CT molecular complexity index is 280. The monoisotopic (exact) mass is 298 g/mol. The molecule has 2 atom stereocenters. The van der Waals surface area contributed by atoms with Crippen molar-refractivity contribution in [1.82, 2.24) is 10.2 Å². The Morgan fingerprint density at radius 1 is 1.19 bits per heavy atom. The Hall–Kier alpha value is -0.120. The zero-order valence-electron chi connectivity index (χ0n) is 15.0. The summed E-state index contributed by atoms with van der Waals surface area (Å²) in [6.45, 7) is 15.1. The maximum atomic E-state index is 9.64. The molecule has 0 bridgehead atoms. The van der Waals surface area contributed by atoms with Crippen molar-refractivity contribution in [3.63, 3.8) is 0 Å². The molecule has 0 aliphatic carbocycles. The molecule has 1 rings (SSSR count). The molecular formula is C18H38N2O. The Morgan fingerprint density at radius 2 is 1.90 bits per heavy atom. The van der Waals surface area contributed by atoms with E-state index in [9.17, 15) is 5.11 Å². The largest absolute Gasteiger partial charge is 0.394 e. The van der Waals surface area contributed by atoms with Crippen molar-refractivity contribution in [3.05, 3.63) is 0 Å². The molecule has 2 N–H and O–H groups in total. The number of likely N-dealkylation sites (tertiary alicyclic amines) is 1. The molecule has 0 radical (unpaired) electrons. The van der Waals surface area contributed by atoms with Crippen LogP contribution in [0.25, 0.3) is 0 Å². The molecular weight excluding hydrogens is 260 g/mol. The lowest BCUT2D eigenvalue weighted by Crippen LogP contribution is -2.49. The van der Waals surface area contributed by atoms with Gasteiger partial charge in [0.25, 0.3) is 0 Å². The van der Waals surface area contributed by atoms with Crippen molar-refractivity contribution >= 4 is 0 Å². The molecule has 0 aromatic heterocycles. The van der Waals surface area contributed by atoms with E-state index in [-0.39, 0.29) is 12.1 Å². The minimum absolute atomic E-state index is 0.125. The molecule has 0 aromatic rings. The molecule has 0 amide bonds. The predicted octanol–water partition coefficient (Wildman–Crippen LogP) is 3.27. The van der Waals surface area contributed by atoms with E-state index in [4.69, 9.17) is 0 Å². The summed E-state index contributed by atoms with van der Waals surface area (Å²) in [7, 11) is 0. The molecule has 1 aliphatic rings. The van der Waals surface area contributed by atoms with Crippen LogP contribution in [0.2, 0.25) is 0 Å². The topological polar surface area (TPSA) is 35.5 Å². The van der Waals surface area contributed by atoms with Gasteiger partial charge in [-0.1, -0.05) is 27.7 Å². The molecule has 0 spiro atoms. The number of rotatable bonds is 8. The zero-order valence-corrected chi connectivity index (χ0v) is 15.0. The lowest BCUT2D eigenvalue weighted by Gasteiger charge is -2.32. The second-order valence-electron chi connectivity index (χ2n) is 7.90. The Morgan fingerprint density at radius 3 is 2.48 bits per heavy atom. The van der Waals surface area contributed by atoms with Crippen molar-refractivity contribution in [2.24, 2.45) is 11.8 Å². The molecule has 3 nitrogen and oxygen atoms in total. The molecule has 126 valence electrons. The molecule has 1 heterocycles. The van der Waals surface area contributed by atoms with Gasteiger partial charge >= 0.3 is 0 Å². The van der Waals surface area contributed by atoms with Crippen LogP contribution in [-0.4, -0.2) is 47.8 Å². The lowest BCUT2D eigenvalue weighted by atomic mass is 9.89. The van der Waals surface area contributed by atoms with Crippen molar-refractivity contribution in [1.29, 1.82) is 0 Å². The number of hydrogen-bond donors (Lipinski definition) is 2. The molecule has 2 unspecified atom stereocenters. The Labute approximate surface area is 132 Å². The molecule has 21 heavy (non-hydrogen) atoms. The van der Waals surface area contributed by atoms with E-state index in [0.717, 1.165) is 18.3 Å². The van der Waals surface area contributed by atoms with Gasteiger partial charge in [-0.2, -0.15) is 0 Å². The molecule has 1 fully saturated rings. The Kier molecular flexibility index (Phi) is 8.22. The summed E-state index contributed by atoms with van der Waals surface area (Å²) in [6, 6.07) is 0.423. The number of nitrogens with one attached hydrogen (secondary N) is 1. The smallest absolute Gasteiger partial charge is 0.0610 e. The molecule has 0 aromatic carbocycles. The predicted molar refractivity (Wildman–Crippen MR) is 91.6 cm³/mol. The van der Waals surface area contributed by atoms with Crippen molar-refractivity contribution < 1.29 is 5.11 Å². The van der Waals surface area contributed by atoms with E-state index in [1.807, 2.05) is 0 Å². The van der Waals surface area contributed by atoms with Gasteiger partial charge in [0.1, 0.15) is 0 Å². The van der Waals surface area contributed by atoms with E-state index in [2.05, 4.69) is 44.8 Å². The number of aliphatic hydroxyl groups excluding tert-OH is 1. The first kappa shape index (κ1) is 18.9. The van der Waals surface area contributed by atoms with Crippen LogP contribution in [0.5, 0.6) is 0 Å². The van der Waals surface area contributed by atoms with E-state index < -0.39 is 0 Å². The van der Waals surface area contributed by atoms with E-state index >= 15 is 0 Å². The van der Waals surface area contributed by atoms with Crippen LogP contribution in [0.4, 0.5) is 0 Å². The third kappa shape index (κ3) is 7.12. The number of nitrogens with zero attached hydrogens (tertiary/aromatic N) is 1. The van der Waals surface area contributed by atoms with Gasteiger partial charge in [-0.3, -0.25) is 0 Å². The average Bonchev–Trinajstić information content (AvgIpc) is 2.63. The highest BCUT2D eigenvalue weighted by molar-refractivity contribution is 4.84. The van der Waals surface area contributed by atoms with E-state index in [0.29, 0.717) is 6.04 Å². The van der Waals surface area contributed by atoms with Gasteiger partial charge in [-0.05, 0) is 70.5 Å². The summed E-state index contributed by atoms with van der Waals surface area (Å²) in [6.07, 6.45) is 6.33. The van der Waals surface area contributed by atoms with Crippen LogP contribution in [0.1, 0.15) is 66.7 Å². The second-order valence-corrected chi connectivity index (χ2v) is 7.90. The highest BCUT2D eigenvalue weighted by Gasteiger charge is 2.24. The minimum atomic E-state index is -0.125. The zero-order chi connectivity index (χ0) is 15.9. The fourth-order valence-corrected chi connectivity index (χ4v) is 3.66. The first-order valence-electron chi connectivity index (χ1n) is 8.97. The highest BCUT2D eigenvalue weighted by atomic mass is 16.3. The van der Waals surface area contributed by atoms with Crippen LogP contribution >= 0.6 is 0 Å². The maximum absolute atomic E-state index is 9.64. The van der Waals surface area contributed by atoms with Gasteiger partial charge in [-0.25, -0.2) is 0 Å². The SMILES string of the molecule is CC(C)NC(C)(CO)CCCN1CCCC(C(C)C)CC1. The van der Waals surface area contributed by atoms with Gasteiger partial charge in [0, 0.05) is 11.6 Å². The lowest BCUT2D eigenvalue weighted by molar-refractivity contribution is 0.148. The second kappa shape index (κ2) is 9.12. The standard InChI is InChI=1S/C18H38N2O/c1-15(2)17-8-6-11-20(13-9-17)12-7-10-18(5,14-21)19-16(3)4/h15-17,19,21H,6-14H2,1-5H3.